The third-order valence-corrected chi connectivity index (χ3v) is 6.80. The Labute approximate surface area is 211 Å². The van der Waals surface area contributed by atoms with Gasteiger partial charge in [0.05, 0.1) is 19.9 Å². The van der Waals surface area contributed by atoms with Crippen LogP contribution in [0.15, 0.2) is 85.8 Å². The monoisotopic (exact) mass is 482 g/mol. The van der Waals surface area contributed by atoms with Gasteiger partial charge in [0.15, 0.2) is 0 Å². The minimum Gasteiger partial charge on any atom is -0.496 e. The Kier molecular flexibility index (Phi) is 6.93. The molecule has 1 atom stereocenters. The average molecular weight is 483 g/mol. The summed E-state index contributed by atoms with van der Waals surface area (Å²) in [5.41, 5.74) is 2.78. The third kappa shape index (κ3) is 4.93. The average Bonchev–Trinajstić information content (AvgIpc) is 3.60. The number of nitrogens with zero attached hydrogens (tertiary/aromatic N) is 5. The second kappa shape index (κ2) is 10.6. The molecule has 0 radical (unpaired) electrons. The zero-order valence-electron chi connectivity index (χ0n) is 20.4. The molecule has 8 heteroatoms. The first-order chi connectivity index (χ1) is 17.7. The molecule has 36 heavy (non-hydrogen) atoms. The fourth-order valence-corrected chi connectivity index (χ4v) is 5.10. The van der Waals surface area contributed by atoms with Crippen LogP contribution in [-0.4, -0.2) is 39.1 Å². The van der Waals surface area contributed by atoms with Gasteiger partial charge in [-0.3, -0.25) is 4.79 Å². The highest BCUT2D eigenvalue weighted by molar-refractivity contribution is 5.77. The van der Waals surface area contributed by atoms with E-state index in [1.54, 1.807) is 32.2 Å². The van der Waals surface area contributed by atoms with Crippen molar-refractivity contribution in [1.29, 1.82) is 0 Å². The molecular weight excluding hydrogens is 452 g/mol. The van der Waals surface area contributed by atoms with Crippen LogP contribution in [0, 0.1) is 0 Å². The molecule has 1 aliphatic heterocycles. The molecular formula is C28H30N6O2. The summed E-state index contributed by atoms with van der Waals surface area (Å²) in [7, 11) is 1.69. The number of hydrogen-bond acceptors (Lipinski definition) is 6. The molecule has 0 saturated carbocycles. The number of imidazole rings is 1. The summed E-state index contributed by atoms with van der Waals surface area (Å²) in [6.07, 6.45) is 11.6. The SMILES string of the molecule is COc1ccc(CNC(=O)CC2(n3ccnc3)CCCN2c2ccncn2)cc1Cc1ccccc1. The molecule has 2 aromatic heterocycles. The molecule has 1 saturated heterocycles. The smallest absolute Gasteiger partial charge is 0.224 e. The van der Waals surface area contributed by atoms with Crippen molar-refractivity contribution in [1.82, 2.24) is 24.8 Å². The van der Waals surface area contributed by atoms with Crippen LogP contribution < -0.4 is 15.0 Å². The van der Waals surface area contributed by atoms with Crippen LogP contribution in [0.4, 0.5) is 5.82 Å². The minimum absolute atomic E-state index is 0.0231. The number of amides is 1. The van der Waals surface area contributed by atoms with Crippen LogP contribution in [-0.2, 0) is 23.4 Å². The summed E-state index contributed by atoms with van der Waals surface area (Å²) in [6.45, 7) is 1.25. The van der Waals surface area contributed by atoms with Gasteiger partial charge in [-0.25, -0.2) is 15.0 Å². The van der Waals surface area contributed by atoms with Crippen molar-refractivity contribution in [2.75, 3.05) is 18.6 Å². The molecule has 4 aromatic rings. The van der Waals surface area contributed by atoms with E-state index >= 15 is 0 Å². The number of carbonyl (C=O) groups is 1. The Morgan fingerprint density at radius 3 is 2.72 bits per heavy atom. The summed E-state index contributed by atoms with van der Waals surface area (Å²) in [5.74, 6) is 1.63. The zero-order valence-corrected chi connectivity index (χ0v) is 20.4. The Bertz CT molecular complexity index is 1280. The lowest BCUT2D eigenvalue weighted by molar-refractivity contribution is -0.123. The van der Waals surface area contributed by atoms with Gasteiger partial charge in [0.25, 0.3) is 0 Å². The molecule has 0 bridgehead atoms. The van der Waals surface area contributed by atoms with Crippen LogP contribution in [0.25, 0.3) is 0 Å². The lowest BCUT2D eigenvalue weighted by Gasteiger charge is -2.40. The lowest BCUT2D eigenvalue weighted by atomic mass is 10.0. The predicted octanol–water partition coefficient (Wildman–Crippen LogP) is 3.93. The highest BCUT2D eigenvalue weighted by atomic mass is 16.5. The topological polar surface area (TPSA) is 85.2 Å². The molecule has 3 heterocycles. The molecule has 8 nitrogen and oxygen atoms in total. The van der Waals surface area contributed by atoms with Gasteiger partial charge in [-0.1, -0.05) is 42.5 Å². The molecule has 1 N–H and O–H groups in total. The number of hydrogen-bond donors (Lipinski definition) is 1. The van der Waals surface area contributed by atoms with Crippen molar-refractivity contribution in [3.8, 4) is 5.75 Å². The van der Waals surface area contributed by atoms with E-state index in [2.05, 4.69) is 43.4 Å². The van der Waals surface area contributed by atoms with E-state index in [-0.39, 0.29) is 5.91 Å². The van der Waals surface area contributed by atoms with E-state index in [1.807, 2.05) is 47.2 Å². The van der Waals surface area contributed by atoms with E-state index in [9.17, 15) is 4.79 Å². The van der Waals surface area contributed by atoms with Gasteiger partial charge >= 0.3 is 0 Å². The van der Waals surface area contributed by atoms with Gasteiger partial charge in [-0.15, -0.1) is 0 Å². The predicted molar refractivity (Wildman–Crippen MR) is 138 cm³/mol. The number of anilines is 1. The van der Waals surface area contributed by atoms with Crippen LogP contribution in [0.3, 0.4) is 0 Å². The van der Waals surface area contributed by atoms with Gasteiger partial charge in [0.2, 0.25) is 5.91 Å². The van der Waals surface area contributed by atoms with Crippen molar-refractivity contribution in [3.63, 3.8) is 0 Å². The molecule has 1 amide bonds. The second-order valence-corrected chi connectivity index (χ2v) is 9.04. The van der Waals surface area contributed by atoms with Crippen molar-refractivity contribution in [2.24, 2.45) is 0 Å². The summed E-state index contributed by atoms with van der Waals surface area (Å²) < 4.78 is 7.62. The van der Waals surface area contributed by atoms with Gasteiger partial charge in [-0.05, 0) is 41.7 Å². The maximum absolute atomic E-state index is 13.3. The lowest BCUT2D eigenvalue weighted by Crippen LogP contribution is -2.49. The van der Waals surface area contributed by atoms with Crippen molar-refractivity contribution >= 4 is 11.7 Å². The molecule has 1 aliphatic rings. The van der Waals surface area contributed by atoms with Crippen LogP contribution in [0.1, 0.15) is 36.0 Å². The Balaban J connectivity index is 1.32. The number of rotatable bonds is 9. The van der Waals surface area contributed by atoms with E-state index in [4.69, 9.17) is 4.74 Å². The summed E-state index contributed by atoms with van der Waals surface area (Å²) in [5, 5.41) is 3.14. The number of methoxy groups -OCH3 is 1. The number of ether oxygens (including phenoxy) is 1. The molecule has 1 unspecified atom stereocenters. The van der Waals surface area contributed by atoms with E-state index in [0.717, 1.165) is 48.5 Å². The molecule has 184 valence electrons. The number of nitrogens with one attached hydrogen (secondary N) is 1. The Morgan fingerprint density at radius 1 is 1.08 bits per heavy atom. The largest absolute Gasteiger partial charge is 0.496 e. The summed E-state index contributed by atoms with van der Waals surface area (Å²) >= 11 is 0. The Morgan fingerprint density at radius 2 is 1.97 bits per heavy atom. The minimum atomic E-state index is -0.562. The standard InChI is InChI=1S/C28H30N6O2/c1-36-25-9-8-23(17-24(25)16-22-6-3-2-4-7-22)19-31-27(35)18-28(33-15-13-30-21-33)11-5-14-34(28)26-10-12-29-20-32-26/h2-4,6-10,12-13,15,17,20-21H,5,11,14,16,18-19H2,1H3,(H,31,35). The fraction of sp³-hybridized carbons (Fsp3) is 0.286. The van der Waals surface area contributed by atoms with Gasteiger partial charge in [-0.2, -0.15) is 0 Å². The van der Waals surface area contributed by atoms with Crippen molar-refractivity contribution in [2.45, 2.75) is 37.9 Å². The normalized spacial score (nSPS) is 17.2. The van der Waals surface area contributed by atoms with Crippen molar-refractivity contribution < 1.29 is 9.53 Å². The molecule has 0 aliphatic carbocycles. The van der Waals surface area contributed by atoms with Gasteiger partial charge < -0.3 is 19.5 Å². The van der Waals surface area contributed by atoms with E-state index < -0.39 is 5.66 Å². The molecule has 5 rings (SSSR count). The second-order valence-electron chi connectivity index (χ2n) is 9.04. The highest BCUT2D eigenvalue weighted by Crippen LogP contribution is 2.39. The summed E-state index contributed by atoms with van der Waals surface area (Å²) in [6, 6.07) is 18.3. The van der Waals surface area contributed by atoms with Gasteiger partial charge in [0, 0.05) is 38.1 Å². The summed E-state index contributed by atoms with van der Waals surface area (Å²) in [4.78, 5) is 28.3. The maximum Gasteiger partial charge on any atom is 0.224 e. The zero-order chi connectivity index (χ0) is 24.8. The van der Waals surface area contributed by atoms with Crippen LogP contribution >= 0.6 is 0 Å². The number of carbonyl (C=O) groups excluding carboxylic acids is 1. The third-order valence-electron chi connectivity index (χ3n) is 6.80. The Hall–Kier alpha value is -4.20. The molecule has 2 aromatic carbocycles. The van der Waals surface area contributed by atoms with E-state index in [1.165, 1.54) is 5.56 Å². The highest BCUT2D eigenvalue weighted by Gasteiger charge is 2.44. The molecule has 1 fully saturated rings. The first kappa shape index (κ1) is 23.5. The first-order valence-corrected chi connectivity index (χ1v) is 12.2. The van der Waals surface area contributed by atoms with E-state index in [0.29, 0.717) is 13.0 Å². The number of benzene rings is 2. The van der Waals surface area contributed by atoms with Gasteiger partial charge in [0.1, 0.15) is 23.6 Å². The number of aromatic nitrogens is 4. The van der Waals surface area contributed by atoms with Crippen LogP contribution in [0.5, 0.6) is 5.75 Å². The quantitative estimate of drug-likeness (QED) is 0.389. The van der Waals surface area contributed by atoms with Crippen LogP contribution in [0.2, 0.25) is 0 Å². The maximum atomic E-state index is 13.3. The first-order valence-electron chi connectivity index (χ1n) is 12.2. The fourth-order valence-electron chi connectivity index (χ4n) is 5.10. The van der Waals surface area contributed by atoms with Crippen molar-refractivity contribution in [3.05, 3.63) is 103 Å². The molecule has 0 spiro atoms.